The van der Waals surface area contributed by atoms with Crippen molar-refractivity contribution in [3.05, 3.63) is 53.9 Å². The van der Waals surface area contributed by atoms with E-state index in [1.54, 1.807) is 22.0 Å². The first-order valence-electron chi connectivity index (χ1n) is 8.37. The number of amides is 1. The zero-order chi connectivity index (χ0) is 18.4. The predicted molar refractivity (Wildman–Crippen MR) is 95.3 cm³/mol. The SMILES string of the molecule is CC(C)(C)n1cc(C(=O)N(CCCC(=O)O)Cc2ccccc2)cn1. The molecule has 0 unspecified atom stereocenters. The largest absolute Gasteiger partial charge is 0.481 e. The molecule has 0 radical (unpaired) electrons. The Morgan fingerprint density at radius 2 is 1.88 bits per heavy atom. The number of carbonyl (C=O) groups is 2. The number of rotatable bonds is 7. The van der Waals surface area contributed by atoms with Crippen LogP contribution in [-0.4, -0.2) is 38.2 Å². The van der Waals surface area contributed by atoms with Gasteiger partial charge in [-0.1, -0.05) is 30.3 Å². The van der Waals surface area contributed by atoms with Crippen molar-refractivity contribution >= 4 is 11.9 Å². The number of hydrogen-bond acceptors (Lipinski definition) is 3. The molecule has 1 aromatic carbocycles. The summed E-state index contributed by atoms with van der Waals surface area (Å²) in [6.07, 6.45) is 3.78. The Morgan fingerprint density at radius 3 is 2.44 bits per heavy atom. The van der Waals surface area contributed by atoms with Gasteiger partial charge in [0.05, 0.1) is 17.3 Å². The lowest BCUT2D eigenvalue weighted by Crippen LogP contribution is -2.31. The van der Waals surface area contributed by atoms with Crippen molar-refractivity contribution in [3.63, 3.8) is 0 Å². The minimum absolute atomic E-state index is 0.0415. The van der Waals surface area contributed by atoms with Gasteiger partial charge in [-0.25, -0.2) is 0 Å². The second-order valence-corrected chi connectivity index (χ2v) is 7.05. The van der Waals surface area contributed by atoms with Crippen LogP contribution in [-0.2, 0) is 16.9 Å². The molecule has 2 rings (SSSR count). The molecule has 6 heteroatoms. The molecule has 0 bridgehead atoms. The summed E-state index contributed by atoms with van der Waals surface area (Å²) in [6, 6.07) is 9.68. The van der Waals surface area contributed by atoms with Gasteiger partial charge in [-0.05, 0) is 32.8 Å². The lowest BCUT2D eigenvalue weighted by Gasteiger charge is -2.22. The van der Waals surface area contributed by atoms with Crippen molar-refractivity contribution in [2.45, 2.75) is 45.7 Å². The number of aliphatic carboxylic acids is 1. The highest BCUT2D eigenvalue weighted by molar-refractivity contribution is 5.93. The molecular weight excluding hydrogens is 318 g/mol. The molecule has 134 valence electrons. The minimum Gasteiger partial charge on any atom is -0.481 e. The first-order chi connectivity index (χ1) is 11.8. The molecule has 0 atom stereocenters. The summed E-state index contributed by atoms with van der Waals surface area (Å²) >= 11 is 0. The Morgan fingerprint density at radius 1 is 1.20 bits per heavy atom. The van der Waals surface area contributed by atoms with Gasteiger partial charge < -0.3 is 10.0 Å². The van der Waals surface area contributed by atoms with Crippen molar-refractivity contribution in [1.29, 1.82) is 0 Å². The summed E-state index contributed by atoms with van der Waals surface area (Å²) < 4.78 is 1.76. The fraction of sp³-hybridized carbons (Fsp3) is 0.421. The van der Waals surface area contributed by atoms with Gasteiger partial charge >= 0.3 is 5.97 Å². The molecule has 0 fully saturated rings. The van der Waals surface area contributed by atoms with E-state index in [2.05, 4.69) is 5.10 Å². The highest BCUT2D eigenvalue weighted by atomic mass is 16.4. The second kappa shape index (κ2) is 7.96. The summed E-state index contributed by atoms with van der Waals surface area (Å²) in [6.45, 7) is 6.88. The topological polar surface area (TPSA) is 75.4 Å². The number of carboxylic acids is 1. The Kier molecular flexibility index (Phi) is 5.96. The standard InChI is InChI=1S/C19H25N3O3/c1-19(2,3)22-14-16(12-20-22)18(25)21(11-7-10-17(23)24)13-15-8-5-4-6-9-15/h4-6,8-9,12,14H,7,10-11,13H2,1-3H3,(H,23,24). The number of hydrogen-bond donors (Lipinski definition) is 1. The summed E-state index contributed by atoms with van der Waals surface area (Å²) in [5.74, 6) is -0.989. The zero-order valence-corrected chi connectivity index (χ0v) is 15.0. The van der Waals surface area contributed by atoms with Crippen LogP contribution < -0.4 is 0 Å². The first-order valence-corrected chi connectivity index (χ1v) is 8.37. The number of nitrogens with zero attached hydrogens (tertiary/aromatic N) is 3. The average molecular weight is 343 g/mol. The third-order valence-corrected chi connectivity index (χ3v) is 3.84. The number of carbonyl (C=O) groups excluding carboxylic acids is 1. The molecule has 0 aliphatic rings. The van der Waals surface area contributed by atoms with Crippen LogP contribution in [0, 0.1) is 0 Å². The van der Waals surface area contributed by atoms with E-state index in [-0.39, 0.29) is 17.9 Å². The van der Waals surface area contributed by atoms with Gasteiger partial charge in [-0.2, -0.15) is 5.10 Å². The Balaban J connectivity index is 2.16. The molecule has 2 aromatic rings. The van der Waals surface area contributed by atoms with Crippen LogP contribution in [0.3, 0.4) is 0 Å². The van der Waals surface area contributed by atoms with Gasteiger partial charge in [-0.3, -0.25) is 14.3 Å². The molecule has 1 heterocycles. The van der Waals surface area contributed by atoms with Crippen LogP contribution in [0.15, 0.2) is 42.7 Å². The molecule has 1 N–H and O–H groups in total. The van der Waals surface area contributed by atoms with Crippen LogP contribution in [0.25, 0.3) is 0 Å². The van der Waals surface area contributed by atoms with Crippen LogP contribution >= 0.6 is 0 Å². The summed E-state index contributed by atoms with van der Waals surface area (Å²) in [7, 11) is 0. The van der Waals surface area contributed by atoms with Crippen molar-refractivity contribution < 1.29 is 14.7 Å². The average Bonchev–Trinajstić information content (AvgIpc) is 3.04. The van der Waals surface area contributed by atoms with E-state index in [1.165, 1.54) is 0 Å². The van der Waals surface area contributed by atoms with Crippen LogP contribution in [0.4, 0.5) is 0 Å². The Labute approximate surface area is 148 Å². The van der Waals surface area contributed by atoms with E-state index in [4.69, 9.17) is 5.11 Å². The number of benzene rings is 1. The number of aromatic nitrogens is 2. The van der Waals surface area contributed by atoms with E-state index in [0.29, 0.717) is 25.1 Å². The van der Waals surface area contributed by atoms with Gasteiger partial charge in [-0.15, -0.1) is 0 Å². The molecule has 0 saturated heterocycles. The van der Waals surface area contributed by atoms with Crippen LogP contribution in [0.2, 0.25) is 0 Å². The third kappa shape index (κ3) is 5.45. The molecule has 0 spiro atoms. The maximum absolute atomic E-state index is 12.9. The fourth-order valence-corrected chi connectivity index (χ4v) is 2.46. The molecular formula is C19H25N3O3. The monoisotopic (exact) mass is 343 g/mol. The van der Waals surface area contributed by atoms with E-state index in [1.807, 2.05) is 51.1 Å². The van der Waals surface area contributed by atoms with Crippen molar-refractivity contribution in [1.82, 2.24) is 14.7 Å². The van der Waals surface area contributed by atoms with Gasteiger partial charge in [0.2, 0.25) is 0 Å². The molecule has 6 nitrogen and oxygen atoms in total. The molecule has 0 saturated carbocycles. The predicted octanol–water partition coefficient (Wildman–Crippen LogP) is 3.15. The normalized spacial score (nSPS) is 11.3. The van der Waals surface area contributed by atoms with Crippen LogP contribution in [0.1, 0.15) is 49.5 Å². The lowest BCUT2D eigenvalue weighted by atomic mass is 10.1. The minimum atomic E-state index is -0.854. The summed E-state index contributed by atoms with van der Waals surface area (Å²) in [5.41, 5.74) is 1.32. The molecule has 25 heavy (non-hydrogen) atoms. The second-order valence-electron chi connectivity index (χ2n) is 7.05. The van der Waals surface area contributed by atoms with Gasteiger partial charge in [0.1, 0.15) is 0 Å². The molecule has 0 aliphatic carbocycles. The quantitative estimate of drug-likeness (QED) is 0.838. The van der Waals surface area contributed by atoms with Gasteiger partial charge in [0.15, 0.2) is 0 Å². The smallest absolute Gasteiger partial charge is 0.303 e. The van der Waals surface area contributed by atoms with E-state index in [0.717, 1.165) is 5.56 Å². The molecule has 1 aromatic heterocycles. The van der Waals surface area contributed by atoms with E-state index in [9.17, 15) is 9.59 Å². The third-order valence-electron chi connectivity index (χ3n) is 3.84. The number of carboxylic acid groups (broad SMARTS) is 1. The summed E-state index contributed by atoms with van der Waals surface area (Å²) in [4.78, 5) is 25.3. The van der Waals surface area contributed by atoms with Crippen molar-refractivity contribution in [3.8, 4) is 0 Å². The lowest BCUT2D eigenvalue weighted by molar-refractivity contribution is -0.137. The molecule has 1 amide bonds. The maximum Gasteiger partial charge on any atom is 0.303 e. The first kappa shape index (κ1) is 18.7. The summed E-state index contributed by atoms with van der Waals surface area (Å²) in [5, 5.41) is 13.1. The van der Waals surface area contributed by atoms with Gasteiger partial charge in [0.25, 0.3) is 5.91 Å². The van der Waals surface area contributed by atoms with E-state index >= 15 is 0 Å². The highest BCUT2D eigenvalue weighted by Gasteiger charge is 2.21. The zero-order valence-electron chi connectivity index (χ0n) is 15.0. The molecule has 0 aliphatic heterocycles. The maximum atomic E-state index is 12.9. The Bertz CT molecular complexity index is 717. The van der Waals surface area contributed by atoms with Crippen LogP contribution in [0.5, 0.6) is 0 Å². The van der Waals surface area contributed by atoms with Crippen molar-refractivity contribution in [2.75, 3.05) is 6.54 Å². The van der Waals surface area contributed by atoms with Gasteiger partial charge in [0, 0.05) is 25.7 Å². The fourth-order valence-electron chi connectivity index (χ4n) is 2.46. The van der Waals surface area contributed by atoms with Crippen molar-refractivity contribution in [2.24, 2.45) is 0 Å². The Hall–Kier alpha value is -2.63. The van der Waals surface area contributed by atoms with E-state index < -0.39 is 5.97 Å². The highest BCUT2D eigenvalue weighted by Crippen LogP contribution is 2.16.